The van der Waals surface area contributed by atoms with Crippen LogP contribution in [-0.4, -0.2) is 24.1 Å². The van der Waals surface area contributed by atoms with Crippen molar-refractivity contribution in [1.29, 1.82) is 5.26 Å². The number of nitrogens with one attached hydrogen (secondary N) is 1. The van der Waals surface area contributed by atoms with Crippen LogP contribution < -0.4 is 11.2 Å². The summed E-state index contributed by atoms with van der Waals surface area (Å²) in [5.74, 6) is 2.78. The highest BCUT2D eigenvalue weighted by atomic mass is 15.3. The van der Waals surface area contributed by atoms with Gasteiger partial charge in [-0.25, -0.2) is 0 Å². The summed E-state index contributed by atoms with van der Waals surface area (Å²) >= 11 is 0. The molecule has 3 N–H and O–H groups in total. The molecule has 0 saturated heterocycles. The van der Waals surface area contributed by atoms with Crippen LogP contribution in [0, 0.1) is 29.1 Å². The highest BCUT2D eigenvalue weighted by Crippen LogP contribution is 2.55. The van der Waals surface area contributed by atoms with Crippen LogP contribution in [0.5, 0.6) is 0 Å². The number of nitrogens with two attached hydrogens (primary N) is 1. The van der Waals surface area contributed by atoms with E-state index < -0.39 is 0 Å². The normalized spacial score (nSPS) is 41.2. The zero-order valence-electron chi connectivity index (χ0n) is 11.4. The van der Waals surface area contributed by atoms with E-state index in [-0.39, 0.29) is 17.1 Å². The quantitative estimate of drug-likeness (QED) is 0.456. The number of hydrazone groups is 1. The Hall–Kier alpha value is -1.57. The molecule has 5 heteroatoms. The Balaban J connectivity index is 1.76. The first-order valence-electron chi connectivity index (χ1n) is 7.12. The maximum Gasteiger partial charge on any atom is 0.201 e. The molecule has 0 heterocycles. The Labute approximate surface area is 114 Å². The van der Waals surface area contributed by atoms with Gasteiger partial charge in [0.25, 0.3) is 0 Å². The summed E-state index contributed by atoms with van der Waals surface area (Å²) in [6.45, 7) is 0. The van der Waals surface area contributed by atoms with Crippen molar-refractivity contribution < 1.29 is 0 Å². The minimum Gasteiger partial charge on any atom is -0.382 e. The van der Waals surface area contributed by atoms with Crippen LogP contribution in [-0.2, 0) is 0 Å². The Morgan fingerprint density at radius 1 is 1.21 bits per heavy atom. The van der Waals surface area contributed by atoms with Gasteiger partial charge in [0.2, 0.25) is 5.71 Å². The first-order chi connectivity index (χ1) is 9.14. The van der Waals surface area contributed by atoms with Crippen molar-refractivity contribution in [3.63, 3.8) is 0 Å². The van der Waals surface area contributed by atoms with Crippen LogP contribution in [0.15, 0.2) is 10.1 Å². The lowest BCUT2D eigenvalue weighted by Gasteiger charge is -2.56. The SMILES string of the molecule is CN=C(N)/C(C#N)=N/NC12CC3CC(CC(C3)C1)C2. The minimum absolute atomic E-state index is 0.116. The second-order valence-corrected chi connectivity index (χ2v) is 6.49. The fourth-order valence-electron chi connectivity index (χ4n) is 4.67. The second-order valence-electron chi connectivity index (χ2n) is 6.49. The van der Waals surface area contributed by atoms with Crippen molar-refractivity contribution in [2.24, 2.45) is 33.6 Å². The van der Waals surface area contributed by atoms with Gasteiger partial charge in [-0.15, -0.1) is 0 Å². The molecule has 4 fully saturated rings. The lowest BCUT2D eigenvalue weighted by molar-refractivity contribution is -0.0190. The van der Waals surface area contributed by atoms with Gasteiger partial charge in [0.05, 0.1) is 5.54 Å². The molecule has 0 unspecified atom stereocenters. The van der Waals surface area contributed by atoms with Gasteiger partial charge < -0.3 is 11.2 Å². The zero-order valence-corrected chi connectivity index (χ0v) is 11.4. The third-order valence-electron chi connectivity index (χ3n) is 5.03. The molecule has 0 amide bonds. The van der Waals surface area contributed by atoms with Gasteiger partial charge in [-0.05, 0) is 56.3 Å². The van der Waals surface area contributed by atoms with E-state index in [9.17, 15) is 0 Å². The van der Waals surface area contributed by atoms with Gasteiger partial charge in [-0.2, -0.15) is 10.4 Å². The molecule has 4 bridgehead atoms. The molecule has 0 atom stereocenters. The third-order valence-corrected chi connectivity index (χ3v) is 5.03. The molecule has 0 aromatic heterocycles. The number of amidine groups is 1. The topological polar surface area (TPSA) is 86.6 Å². The second kappa shape index (κ2) is 4.52. The fraction of sp³-hybridized carbons (Fsp3) is 0.786. The Kier molecular flexibility index (Phi) is 2.96. The first kappa shape index (κ1) is 12.5. The van der Waals surface area contributed by atoms with Gasteiger partial charge in [0.1, 0.15) is 6.07 Å². The summed E-state index contributed by atoms with van der Waals surface area (Å²) in [6, 6.07) is 2.02. The van der Waals surface area contributed by atoms with Crippen LogP contribution >= 0.6 is 0 Å². The van der Waals surface area contributed by atoms with E-state index in [0.717, 1.165) is 17.8 Å². The van der Waals surface area contributed by atoms with E-state index in [4.69, 9.17) is 11.0 Å². The first-order valence-corrected chi connectivity index (χ1v) is 7.12. The molecule has 4 saturated carbocycles. The summed E-state index contributed by atoms with van der Waals surface area (Å²) in [6.07, 6.45) is 7.79. The van der Waals surface area contributed by atoms with Gasteiger partial charge >= 0.3 is 0 Å². The molecule has 0 radical (unpaired) electrons. The predicted molar refractivity (Wildman–Crippen MR) is 74.6 cm³/mol. The number of aliphatic imine (C=N–C) groups is 1. The maximum atomic E-state index is 9.06. The molecule has 102 valence electrons. The fourth-order valence-corrected chi connectivity index (χ4v) is 4.67. The number of nitrogens with zero attached hydrogens (tertiary/aromatic N) is 3. The Bertz CT molecular complexity index is 435. The number of rotatable bonds is 3. The molecule has 0 aliphatic heterocycles. The molecule has 5 nitrogen and oxygen atoms in total. The number of nitriles is 1. The van der Waals surface area contributed by atoms with Crippen molar-refractivity contribution >= 4 is 11.5 Å². The number of hydrogen-bond acceptors (Lipinski definition) is 4. The highest BCUT2D eigenvalue weighted by molar-refractivity contribution is 6.46. The van der Waals surface area contributed by atoms with Crippen LogP contribution in [0.3, 0.4) is 0 Å². The van der Waals surface area contributed by atoms with E-state index in [1.807, 2.05) is 6.07 Å². The minimum atomic E-state index is 0.116. The molecule has 19 heavy (non-hydrogen) atoms. The lowest BCUT2D eigenvalue weighted by Crippen LogP contribution is -2.57. The molecule has 4 rings (SSSR count). The van der Waals surface area contributed by atoms with Crippen LogP contribution in [0.2, 0.25) is 0 Å². The van der Waals surface area contributed by atoms with E-state index in [1.165, 1.54) is 38.5 Å². The van der Waals surface area contributed by atoms with E-state index in [1.54, 1.807) is 7.05 Å². The summed E-state index contributed by atoms with van der Waals surface area (Å²) in [7, 11) is 1.58. The summed E-state index contributed by atoms with van der Waals surface area (Å²) in [5, 5.41) is 13.3. The van der Waals surface area contributed by atoms with Crippen LogP contribution in [0.4, 0.5) is 0 Å². The number of hydrogen-bond donors (Lipinski definition) is 2. The largest absolute Gasteiger partial charge is 0.382 e. The van der Waals surface area contributed by atoms with Gasteiger partial charge in [0, 0.05) is 7.05 Å². The Morgan fingerprint density at radius 2 is 1.74 bits per heavy atom. The predicted octanol–water partition coefficient (Wildman–Crippen LogP) is 1.41. The van der Waals surface area contributed by atoms with E-state index in [2.05, 4.69) is 15.5 Å². The van der Waals surface area contributed by atoms with Crippen molar-refractivity contribution in [1.82, 2.24) is 5.43 Å². The summed E-state index contributed by atoms with van der Waals surface area (Å²) < 4.78 is 0. The third kappa shape index (κ3) is 2.20. The van der Waals surface area contributed by atoms with Crippen molar-refractivity contribution in [2.45, 2.75) is 44.1 Å². The van der Waals surface area contributed by atoms with Gasteiger partial charge in [-0.3, -0.25) is 4.99 Å². The van der Waals surface area contributed by atoms with E-state index in [0.29, 0.717) is 0 Å². The van der Waals surface area contributed by atoms with Crippen LogP contribution in [0.1, 0.15) is 38.5 Å². The molecule has 0 spiro atoms. The Morgan fingerprint density at radius 3 is 2.16 bits per heavy atom. The molecule has 0 aromatic rings. The lowest BCUT2D eigenvalue weighted by atomic mass is 9.53. The van der Waals surface area contributed by atoms with Gasteiger partial charge in [-0.1, -0.05) is 0 Å². The summed E-state index contributed by atoms with van der Waals surface area (Å²) in [5.41, 5.74) is 9.28. The maximum absolute atomic E-state index is 9.06. The van der Waals surface area contributed by atoms with Crippen LogP contribution in [0.25, 0.3) is 0 Å². The van der Waals surface area contributed by atoms with Crippen molar-refractivity contribution in [3.05, 3.63) is 0 Å². The smallest absolute Gasteiger partial charge is 0.201 e. The van der Waals surface area contributed by atoms with Crippen molar-refractivity contribution in [2.75, 3.05) is 7.05 Å². The monoisotopic (exact) mass is 259 g/mol. The molecular formula is C14H21N5. The zero-order chi connectivity index (χ0) is 13.5. The van der Waals surface area contributed by atoms with E-state index >= 15 is 0 Å². The molecule has 4 aliphatic rings. The summed E-state index contributed by atoms with van der Waals surface area (Å²) in [4.78, 5) is 3.83. The highest BCUT2D eigenvalue weighted by Gasteiger charge is 2.51. The molecular weight excluding hydrogens is 238 g/mol. The van der Waals surface area contributed by atoms with Crippen molar-refractivity contribution in [3.8, 4) is 6.07 Å². The average molecular weight is 259 g/mol. The van der Waals surface area contributed by atoms with Gasteiger partial charge in [0.15, 0.2) is 5.84 Å². The molecule has 4 aliphatic carbocycles. The molecule has 0 aromatic carbocycles. The standard InChI is InChI=1S/C14H21N5/c1-17-13(16)12(8-15)18-19-14-5-9-2-10(6-14)4-11(3-9)7-14/h9-11,19H,2-7H2,1H3,(H2,16,17)/b18-12+. The average Bonchev–Trinajstić information content (AvgIpc) is 2.37.